The highest BCUT2D eigenvalue weighted by Gasteiger charge is 2.39. The maximum absolute atomic E-state index is 11.9. The third kappa shape index (κ3) is 3.56. The number of hydrogen-bond acceptors (Lipinski definition) is 4. The number of amides is 1. The summed E-state index contributed by atoms with van der Waals surface area (Å²) < 4.78 is 31.6. The Balaban J connectivity index is 2.73. The van der Waals surface area contributed by atoms with E-state index in [4.69, 9.17) is 0 Å². The molecule has 8 heteroatoms. The summed E-state index contributed by atoms with van der Waals surface area (Å²) in [7, 11) is -3.80. The smallest absolute Gasteiger partial charge is 0.421 e. The van der Waals surface area contributed by atoms with Gasteiger partial charge in [-0.25, -0.2) is 9.52 Å². The van der Waals surface area contributed by atoms with Crippen LogP contribution in [0.1, 0.15) is 20.3 Å². The van der Waals surface area contributed by atoms with E-state index in [1.54, 1.807) is 6.92 Å². The van der Waals surface area contributed by atoms with Gasteiger partial charge in [0.1, 0.15) is 0 Å². The van der Waals surface area contributed by atoms with E-state index in [9.17, 15) is 13.2 Å². The Morgan fingerprint density at radius 1 is 1.59 bits per heavy atom. The average molecular weight is 329 g/mol. The fraction of sp³-hybridized carbons (Fsp3) is 0.889. The molecule has 1 N–H and O–H groups in total. The zero-order chi connectivity index (χ0) is 13.1. The molecule has 2 atom stereocenters. The predicted molar refractivity (Wildman–Crippen MR) is 67.1 cm³/mol. The molecule has 1 rings (SSSR count). The zero-order valence-electron chi connectivity index (χ0n) is 9.85. The van der Waals surface area contributed by atoms with Crippen LogP contribution in [-0.4, -0.2) is 43.3 Å². The number of nitrogens with zero attached hydrogens (tertiary/aromatic N) is 1. The van der Waals surface area contributed by atoms with Crippen LogP contribution in [0.25, 0.3) is 0 Å². The van der Waals surface area contributed by atoms with Crippen LogP contribution in [0.4, 0.5) is 4.79 Å². The van der Waals surface area contributed by atoms with Crippen molar-refractivity contribution in [2.45, 2.75) is 26.3 Å². The molecular formula is C9H17BrN2O4S. The van der Waals surface area contributed by atoms with E-state index in [1.807, 2.05) is 11.6 Å². The van der Waals surface area contributed by atoms with Crippen molar-refractivity contribution < 1.29 is 17.9 Å². The van der Waals surface area contributed by atoms with Gasteiger partial charge in [0.25, 0.3) is 0 Å². The molecular weight excluding hydrogens is 312 g/mol. The van der Waals surface area contributed by atoms with Crippen LogP contribution < -0.4 is 4.72 Å². The molecule has 1 amide bonds. The van der Waals surface area contributed by atoms with Crippen molar-refractivity contribution in [1.82, 2.24) is 9.03 Å². The largest absolute Gasteiger partial charge is 0.449 e. The lowest BCUT2D eigenvalue weighted by atomic mass is 10.1. The zero-order valence-corrected chi connectivity index (χ0v) is 12.3. The molecule has 0 radical (unpaired) electrons. The summed E-state index contributed by atoms with van der Waals surface area (Å²) >= 11 is 3.30. The van der Waals surface area contributed by atoms with Crippen LogP contribution in [0.3, 0.4) is 0 Å². The Morgan fingerprint density at radius 2 is 2.24 bits per heavy atom. The lowest BCUT2D eigenvalue weighted by Crippen LogP contribution is -2.47. The van der Waals surface area contributed by atoms with E-state index in [1.165, 1.54) is 4.31 Å². The number of halogens is 1. The minimum absolute atomic E-state index is 0.123. The Labute approximate surface area is 110 Å². The second kappa shape index (κ2) is 6.01. The van der Waals surface area contributed by atoms with Gasteiger partial charge in [0, 0.05) is 17.9 Å². The Morgan fingerprint density at radius 3 is 2.76 bits per heavy atom. The molecule has 1 fully saturated rings. The molecule has 1 heterocycles. The molecule has 0 saturated carbocycles. The first-order valence-corrected chi connectivity index (χ1v) is 8.00. The highest BCUT2D eigenvalue weighted by atomic mass is 79.9. The van der Waals surface area contributed by atoms with Gasteiger partial charge in [0.15, 0.2) is 0 Å². The van der Waals surface area contributed by atoms with E-state index in [2.05, 4.69) is 20.7 Å². The molecule has 17 heavy (non-hydrogen) atoms. The van der Waals surface area contributed by atoms with Crippen LogP contribution >= 0.6 is 15.9 Å². The van der Waals surface area contributed by atoms with Gasteiger partial charge < -0.3 is 4.74 Å². The maximum atomic E-state index is 11.9. The average Bonchev–Trinajstić information content (AvgIpc) is 2.59. The van der Waals surface area contributed by atoms with E-state index >= 15 is 0 Å². The van der Waals surface area contributed by atoms with E-state index < -0.39 is 16.3 Å². The molecule has 1 aliphatic rings. The molecule has 0 bridgehead atoms. The fourth-order valence-electron chi connectivity index (χ4n) is 1.82. The van der Waals surface area contributed by atoms with Crippen molar-refractivity contribution in [1.29, 1.82) is 0 Å². The monoisotopic (exact) mass is 328 g/mol. The molecule has 2 unspecified atom stereocenters. The third-order valence-corrected chi connectivity index (χ3v) is 4.94. The molecule has 0 aromatic heterocycles. The lowest BCUT2D eigenvalue weighted by molar-refractivity contribution is 0.158. The molecule has 0 aliphatic carbocycles. The quantitative estimate of drug-likeness (QED) is 0.783. The highest BCUT2D eigenvalue weighted by molar-refractivity contribution is 9.09. The Kier molecular flexibility index (Phi) is 5.21. The number of alkyl halides is 1. The van der Waals surface area contributed by atoms with Crippen LogP contribution in [0.2, 0.25) is 0 Å². The van der Waals surface area contributed by atoms with Gasteiger partial charge in [0.05, 0.1) is 6.61 Å². The van der Waals surface area contributed by atoms with Crippen molar-refractivity contribution >= 4 is 32.2 Å². The van der Waals surface area contributed by atoms with Crippen molar-refractivity contribution in [3.63, 3.8) is 0 Å². The highest BCUT2D eigenvalue weighted by Crippen LogP contribution is 2.27. The standard InChI is InChI=1S/C9H17BrN2O4S/c1-3-16-9(13)11-17(14,15)12-5-4-7(2)8(12)6-10/h7-8H,3-6H2,1-2H3,(H,11,13). The summed E-state index contributed by atoms with van der Waals surface area (Å²) in [6.07, 6.45) is -0.139. The van der Waals surface area contributed by atoms with Gasteiger partial charge in [-0.3, -0.25) is 0 Å². The topological polar surface area (TPSA) is 75.7 Å². The van der Waals surface area contributed by atoms with Crippen LogP contribution in [0.15, 0.2) is 0 Å². The Bertz CT molecular complexity index is 373. The molecule has 6 nitrogen and oxygen atoms in total. The summed E-state index contributed by atoms with van der Waals surface area (Å²) in [4.78, 5) is 11.1. The number of carbonyl (C=O) groups is 1. The van der Waals surface area contributed by atoms with Gasteiger partial charge in [-0.05, 0) is 19.3 Å². The number of hydrogen-bond donors (Lipinski definition) is 1. The normalized spacial score (nSPS) is 25.8. The number of nitrogens with one attached hydrogen (secondary N) is 1. The van der Waals surface area contributed by atoms with Crippen molar-refractivity contribution in [2.75, 3.05) is 18.5 Å². The van der Waals surface area contributed by atoms with Gasteiger partial charge in [-0.15, -0.1) is 0 Å². The predicted octanol–water partition coefficient (Wildman–Crippen LogP) is 1.08. The van der Waals surface area contributed by atoms with Gasteiger partial charge in [0.2, 0.25) is 0 Å². The molecule has 0 aromatic carbocycles. The molecule has 1 aliphatic heterocycles. The summed E-state index contributed by atoms with van der Waals surface area (Å²) in [5, 5.41) is 0.553. The van der Waals surface area contributed by atoms with Crippen molar-refractivity contribution in [3.05, 3.63) is 0 Å². The summed E-state index contributed by atoms with van der Waals surface area (Å²) in [6, 6.07) is -0.123. The van der Waals surface area contributed by atoms with Gasteiger partial charge >= 0.3 is 16.3 Å². The SMILES string of the molecule is CCOC(=O)NS(=O)(=O)N1CCC(C)C1CBr. The molecule has 0 aromatic rings. The minimum atomic E-state index is -3.80. The fourth-order valence-corrected chi connectivity index (χ4v) is 4.38. The minimum Gasteiger partial charge on any atom is -0.449 e. The van der Waals surface area contributed by atoms with E-state index in [0.717, 1.165) is 6.42 Å². The molecule has 0 spiro atoms. The van der Waals surface area contributed by atoms with Gasteiger partial charge in [-0.1, -0.05) is 22.9 Å². The summed E-state index contributed by atoms with van der Waals surface area (Å²) in [5.74, 6) is 0.271. The first-order valence-electron chi connectivity index (χ1n) is 5.44. The lowest BCUT2D eigenvalue weighted by Gasteiger charge is -2.24. The molecule has 1 saturated heterocycles. The first-order chi connectivity index (χ1) is 7.92. The second-order valence-corrected chi connectivity index (χ2v) is 6.20. The molecule has 100 valence electrons. The second-order valence-electron chi connectivity index (χ2n) is 3.93. The van der Waals surface area contributed by atoms with Crippen LogP contribution in [-0.2, 0) is 14.9 Å². The maximum Gasteiger partial charge on any atom is 0.421 e. The van der Waals surface area contributed by atoms with Crippen molar-refractivity contribution in [3.8, 4) is 0 Å². The summed E-state index contributed by atoms with van der Waals surface area (Å²) in [5.41, 5.74) is 0. The van der Waals surface area contributed by atoms with Crippen LogP contribution in [0.5, 0.6) is 0 Å². The number of carbonyl (C=O) groups excluding carboxylic acids is 1. The van der Waals surface area contributed by atoms with Gasteiger partial charge in [-0.2, -0.15) is 12.7 Å². The Hall–Kier alpha value is -0.340. The number of rotatable bonds is 4. The summed E-state index contributed by atoms with van der Waals surface area (Å²) in [6.45, 7) is 4.17. The third-order valence-electron chi connectivity index (χ3n) is 2.79. The van der Waals surface area contributed by atoms with E-state index in [0.29, 0.717) is 11.9 Å². The first kappa shape index (κ1) is 14.7. The van der Waals surface area contributed by atoms with E-state index in [-0.39, 0.29) is 18.6 Å². The van der Waals surface area contributed by atoms with Crippen LogP contribution in [0, 0.1) is 5.92 Å². The van der Waals surface area contributed by atoms with Crippen molar-refractivity contribution in [2.24, 2.45) is 5.92 Å². The number of ether oxygens (including phenoxy) is 1.